The molecule has 2 aromatic rings. The molecule has 1 unspecified atom stereocenters. The predicted molar refractivity (Wildman–Crippen MR) is 77.4 cm³/mol. The zero-order valence-corrected chi connectivity index (χ0v) is 11.6. The maximum absolute atomic E-state index is 5.70. The SMILES string of the molecule is CCc1cc(C(CCc2ccccc2)NN)n(C)n1. The van der Waals surface area contributed by atoms with E-state index in [4.69, 9.17) is 5.84 Å². The number of hydrazine groups is 1. The first-order valence-corrected chi connectivity index (χ1v) is 6.77. The largest absolute Gasteiger partial charge is 0.271 e. The third-order valence-electron chi connectivity index (χ3n) is 3.45. The van der Waals surface area contributed by atoms with Crippen LogP contribution in [0.15, 0.2) is 36.4 Å². The highest BCUT2D eigenvalue weighted by Gasteiger charge is 2.15. The van der Waals surface area contributed by atoms with Gasteiger partial charge in [-0.25, -0.2) is 0 Å². The minimum absolute atomic E-state index is 0.137. The van der Waals surface area contributed by atoms with E-state index in [2.05, 4.69) is 47.8 Å². The number of nitrogens with zero attached hydrogens (tertiary/aromatic N) is 2. The maximum Gasteiger partial charge on any atom is 0.0632 e. The third-order valence-corrected chi connectivity index (χ3v) is 3.45. The Morgan fingerprint density at radius 1 is 1.32 bits per heavy atom. The zero-order valence-electron chi connectivity index (χ0n) is 11.6. The van der Waals surface area contributed by atoms with Crippen LogP contribution in [-0.4, -0.2) is 9.78 Å². The summed E-state index contributed by atoms with van der Waals surface area (Å²) in [7, 11) is 1.97. The van der Waals surface area contributed by atoms with Gasteiger partial charge in [-0.05, 0) is 30.9 Å². The van der Waals surface area contributed by atoms with Crippen molar-refractivity contribution in [2.45, 2.75) is 32.2 Å². The summed E-state index contributed by atoms with van der Waals surface area (Å²) < 4.78 is 1.92. The lowest BCUT2D eigenvalue weighted by Crippen LogP contribution is -2.30. The molecule has 1 heterocycles. The van der Waals surface area contributed by atoms with E-state index in [1.165, 1.54) is 5.56 Å². The fourth-order valence-electron chi connectivity index (χ4n) is 2.31. The molecule has 0 aliphatic heterocycles. The van der Waals surface area contributed by atoms with Crippen LogP contribution >= 0.6 is 0 Å². The van der Waals surface area contributed by atoms with Gasteiger partial charge in [0.2, 0.25) is 0 Å². The lowest BCUT2D eigenvalue weighted by molar-refractivity contribution is 0.480. The lowest BCUT2D eigenvalue weighted by atomic mass is 10.0. The summed E-state index contributed by atoms with van der Waals surface area (Å²) in [5, 5.41) is 4.47. The molecule has 102 valence electrons. The summed E-state index contributed by atoms with van der Waals surface area (Å²) in [6.45, 7) is 2.11. The second-order valence-electron chi connectivity index (χ2n) is 4.78. The van der Waals surface area contributed by atoms with Gasteiger partial charge in [-0.15, -0.1) is 0 Å². The van der Waals surface area contributed by atoms with Gasteiger partial charge in [0, 0.05) is 7.05 Å². The molecule has 19 heavy (non-hydrogen) atoms. The molecule has 4 heteroatoms. The standard InChI is InChI=1S/C15H22N4/c1-3-13-11-15(19(2)18-13)14(17-16)10-9-12-7-5-4-6-8-12/h4-8,11,14,17H,3,9-10,16H2,1-2H3. The van der Waals surface area contributed by atoms with Crippen molar-refractivity contribution in [2.75, 3.05) is 0 Å². The van der Waals surface area contributed by atoms with Gasteiger partial charge in [-0.3, -0.25) is 16.0 Å². The number of rotatable bonds is 6. The van der Waals surface area contributed by atoms with Crippen LogP contribution in [0.5, 0.6) is 0 Å². The molecular formula is C15H22N4. The van der Waals surface area contributed by atoms with E-state index in [1.54, 1.807) is 0 Å². The third kappa shape index (κ3) is 3.43. The number of nitrogens with one attached hydrogen (secondary N) is 1. The molecule has 1 atom stereocenters. The van der Waals surface area contributed by atoms with Crippen molar-refractivity contribution in [1.29, 1.82) is 0 Å². The number of benzene rings is 1. The highest BCUT2D eigenvalue weighted by atomic mass is 15.3. The maximum atomic E-state index is 5.70. The highest BCUT2D eigenvalue weighted by Crippen LogP contribution is 2.19. The molecule has 4 nitrogen and oxygen atoms in total. The lowest BCUT2D eigenvalue weighted by Gasteiger charge is -2.16. The molecule has 0 spiro atoms. The van der Waals surface area contributed by atoms with Crippen LogP contribution in [0, 0.1) is 0 Å². The first-order valence-electron chi connectivity index (χ1n) is 6.77. The van der Waals surface area contributed by atoms with Crippen LogP contribution in [0.25, 0.3) is 0 Å². The van der Waals surface area contributed by atoms with E-state index >= 15 is 0 Å². The van der Waals surface area contributed by atoms with E-state index in [0.29, 0.717) is 0 Å². The van der Waals surface area contributed by atoms with Gasteiger partial charge in [-0.2, -0.15) is 5.10 Å². The van der Waals surface area contributed by atoms with Crippen LogP contribution in [0.1, 0.15) is 36.3 Å². The van der Waals surface area contributed by atoms with Gasteiger partial charge >= 0.3 is 0 Å². The molecule has 0 saturated carbocycles. The van der Waals surface area contributed by atoms with E-state index in [-0.39, 0.29) is 6.04 Å². The Kier molecular flexibility index (Phi) is 4.71. The molecule has 0 saturated heterocycles. The molecule has 3 N–H and O–H groups in total. The number of hydrogen-bond donors (Lipinski definition) is 2. The number of aryl methyl sites for hydroxylation is 3. The molecule has 0 amide bonds. The van der Waals surface area contributed by atoms with Gasteiger partial charge in [0.15, 0.2) is 0 Å². The number of nitrogens with two attached hydrogens (primary N) is 1. The quantitative estimate of drug-likeness (QED) is 0.616. The Hall–Kier alpha value is -1.65. The fourth-order valence-corrected chi connectivity index (χ4v) is 2.31. The molecular weight excluding hydrogens is 236 g/mol. The predicted octanol–water partition coefficient (Wildman–Crippen LogP) is 2.12. The second-order valence-corrected chi connectivity index (χ2v) is 4.78. The molecule has 1 aromatic carbocycles. The van der Waals surface area contributed by atoms with Crippen LogP contribution in [0.2, 0.25) is 0 Å². The van der Waals surface area contributed by atoms with Crippen molar-refractivity contribution in [3.8, 4) is 0 Å². The monoisotopic (exact) mass is 258 g/mol. The first-order chi connectivity index (χ1) is 9.24. The molecule has 2 rings (SSSR count). The molecule has 0 aliphatic rings. The average Bonchev–Trinajstić information content (AvgIpc) is 2.82. The van der Waals surface area contributed by atoms with Crippen LogP contribution in [0.4, 0.5) is 0 Å². The molecule has 0 radical (unpaired) electrons. The molecule has 0 bridgehead atoms. The Labute approximate surface area is 114 Å². The van der Waals surface area contributed by atoms with E-state index in [0.717, 1.165) is 30.7 Å². The Bertz CT molecular complexity index is 504. The number of hydrogen-bond acceptors (Lipinski definition) is 3. The minimum Gasteiger partial charge on any atom is -0.271 e. The highest BCUT2D eigenvalue weighted by molar-refractivity contribution is 5.17. The second kappa shape index (κ2) is 6.50. The van der Waals surface area contributed by atoms with Crippen LogP contribution < -0.4 is 11.3 Å². The smallest absolute Gasteiger partial charge is 0.0632 e. The van der Waals surface area contributed by atoms with Gasteiger partial charge < -0.3 is 0 Å². The van der Waals surface area contributed by atoms with Crippen molar-refractivity contribution >= 4 is 0 Å². The van der Waals surface area contributed by atoms with Crippen molar-refractivity contribution in [1.82, 2.24) is 15.2 Å². The first kappa shape index (κ1) is 13.8. The number of aromatic nitrogens is 2. The zero-order chi connectivity index (χ0) is 13.7. The molecule has 1 aromatic heterocycles. The van der Waals surface area contributed by atoms with E-state index in [9.17, 15) is 0 Å². The molecule has 0 aliphatic carbocycles. The Morgan fingerprint density at radius 3 is 2.63 bits per heavy atom. The van der Waals surface area contributed by atoms with Crippen LogP contribution in [-0.2, 0) is 19.9 Å². The van der Waals surface area contributed by atoms with Crippen molar-refractivity contribution in [3.05, 3.63) is 53.3 Å². The Morgan fingerprint density at radius 2 is 2.05 bits per heavy atom. The van der Waals surface area contributed by atoms with Crippen LogP contribution in [0.3, 0.4) is 0 Å². The summed E-state index contributed by atoms with van der Waals surface area (Å²) in [5.74, 6) is 5.70. The summed E-state index contributed by atoms with van der Waals surface area (Å²) in [6.07, 6.45) is 2.91. The Balaban J connectivity index is 2.05. The van der Waals surface area contributed by atoms with Gasteiger partial charge in [-0.1, -0.05) is 37.3 Å². The molecule has 0 fully saturated rings. The van der Waals surface area contributed by atoms with Gasteiger partial charge in [0.25, 0.3) is 0 Å². The van der Waals surface area contributed by atoms with Gasteiger partial charge in [0.05, 0.1) is 17.4 Å². The van der Waals surface area contributed by atoms with Gasteiger partial charge in [0.1, 0.15) is 0 Å². The van der Waals surface area contributed by atoms with E-state index < -0.39 is 0 Å². The fraction of sp³-hybridized carbons (Fsp3) is 0.400. The van der Waals surface area contributed by atoms with Crippen molar-refractivity contribution in [3.63, 3.8) is 0 Å². The average molecular weight is 258 g/mol. The normalized spacial score (nSPS) is 12.6. The topological polar surface area (TPSA) is 55.9 Å². The summed E-state index contributed by atoms with van der Waals surface area (Å²) in [4.78, 5) is 0. The summed E-state index contributed by atoms with van der Waals surface area (Å²) >= 11 is 0. The minimum atomic E-state index is 0.137. The summed E-state index contributed by atoms with van der Waals surface area (Å²) in [5.41, 5.74) is 6.50. The van der Waals surface area contributed by atoms with Crippen molar-refractivity contribution in [2.24, 2.45) is 12.9 Å². The van der Waals surface area contributed by atoms with E-state index in [1.807, 2.05) is 17.8 Å². The van der Waals surface area contributed by atoms with Crippen molar-refractivity contribution < 1.29 is 0 Å². The summed E-state index contributed by atoms with van der Waals surface area (Å²) in [6, 6.07) is 12.7.